The first-order chi connectivity index (χ1) is 16.6. The highest BCUT2D eigenvalue weighted by molar-refractivity contribution is 9.10. The Morgan fingerprint density at radius 2 is 1.69 bits per heavy atom. The van der Waals surface area contributed by atoms with Crippen molar-refractivity contribution in [2.24, 2.45) is 0 Å². The Balaban J connectivity index is 1.75. The summed E-state index contributed by atoms with van der Waals surface area (Å²) in [6.07, 6.45) is -6.96. The molecule has 1 aliphatic rings. The molecule has 4 nitrogen and oxygen atoms in total. The van der Waals surface area contributed by atoms with Crippen molar-refractivity contribution in [1.29, 1.82) is 0 Å². The van der Waals surface area contributed by atoms with Crippen molar-refractivity contribution in [3.05, 3.63) is 73.9 Å². The molecule has 1 saturated carbocycles. The molecule has 0 heterocycles. The van der Waals surface area contributed by atoms with Crippen molar-refractivity contribution in [3.8, 4) is 0 Å². The van der Waals surface area contributed by atoms with Gasteiger partial charge in [-0.25, -0.2) is 4.39 Å². The van der Waals surface area contributed by atoms with E-state index in [9.17, 15) is 40.3 Å². The van der Waals surface area contributed by atoms with Crippen LogP contribution in [0, 0.1) is 5.82 Å². The highest BCUT2D eigenvalue weighted by atomic mass is 79.9. The van der Waals surface area contributed by atoms with E-state index < -0.39 is 48.0 Å². The normalized spacial score (nSPS) is 16.0. The summed E-state index contributed by atoms with van der Waals surface area (Å²) in [5.74, 6) is -4.63. The van der Waals surface area contributed by atoms with Crippen LogP contribution in [-0.2, 0) is 4.79 Å². The second-order valence-corrected chi connectivity index (χ2v) is 9.92. The lowest BCUT2D eigenvalue weighted by Crippen LogP contribution is -2.50. The van der Waals surface area contributed by atoms with Crippen LogP contribution in [0.2, 0.25) is 0 Å². The van der Waals surface area contributed by atoms with Gasteiger partial charge >= 0.3 is 12.4 Å². The van der Waals surface area contributed by atoms with Crippen LogP contribution >= 0.6 is 31.9 Å². The second kappa shape index (κ2) is 10.5. The predicted octanol–water partition coefficient (Wildman–Crippen LogP) is 6.65. The molecule has 0 aromatic heterocycles. The number of allylic oxidation sites excluding steroid dienone is 1. The molecule has 13 heteroatoms. The highest BCUT2D eigenvalue weighted by Gasteiger charge is 2.52. The first-order valence-corrected chi connectivity index (χ1v) is 11.9. The monoisotopic (exact) mass is 644 g/mol. The van der Waals surface area contributed by atoms with Crippen molar-refractivity contribution in [3.63, 3.8) is 0 Å². The third-order valence-electron chi connectivity index (χ3n) is 5.30. The molecule has 2 amide bonds. The maximum absolute atomic E-state index is 13.6. The highest BCUT2D eigenvalue weighted by Crippen LogP contribution is 2.38. The molecule has 0 bridgehead atoms. The van der Waals surface area contributed by atoms with Gasteiger partial charge in [-0.05, 0) is 70.2 Å². The summed E-state index contributed by atoms with van der Waals surface area (Å²) in [6, 6.07) is 7.00. The first-order valence-electron chi connectivity index (χ1n) is 10.3. The number of amides is 2. The van der Waals surface area contributed by atoms with Gasteiger partial charge in [0.05, 0.1) is 11.5 Å². The summed E-state index contributed by atoms with van der Waals surface area (Å²) in [5, 5.41) is 4.18. The fraction of sp³-hybridized carbons (Fsp3) is 0.304. The molecule has 0 aliphatic heterocycles. The van der Waals surface area contributed by atoms with Crippen LogP contribution in [0.25, 0.3) is 6.08 Å². The lowest BCUT2D eigenvalue weighted by molar-refractivity contribution is -0.140. The molecular weight excluding hydrogens is 629 g/mol. The van der Waals surface area contributed by atoms with E-state index in [2.05, 4.69) is 37.2 Å². The lowest BCUT2D eigenvalue weighted by Gasteiger charge is -2.19. The van der Waals surface area contributed by atoms with Gasteiger partial charge < -0.3 is 10.6 Å². The topological polar surface area (TPSA) is 58.2 Å². The van der Waals surface area contributed by atoms with E-state index in [0.717, 1.165) is 30.4 Å². The van der Waals surface area contributed by atoms with Crippen molar-refractivity contribution in [2.45, 2.75) is 36.7 Å². The zero-order chi connectivity index (χ0) is 26.9. The zero-order valence-electron chi connectivity index (χ0n) is 18.0. The maximum atomic E-state index is 13.6. The Kier molecular flexibility index (Phi) is 8.23. The smallest absolute Gasteiger partial charge is 0.345 e. The molecule has 0 radical (unpaired) electrons. The summed E-state index contributed by atoms with van der Waals surface area (Å²) in [4.78, 5) is 24.7. The average molecular weight is 646 g/mol. The molecule has 1 atom stereocenters. The Morgan fingerprint density at radius 3 is 2.22 bits per heavy atom. The third kappa shape index (κ3) is 7.31. The number of hydrogen-bond donors (Lipinski definition) is 2. The standard InChI is InChI=1S/C23H17Br2F7N2O2/c24-14-8-13(9-15(26)10-14)17(23(30,31)32)4-2-12-1-3-16(18(25)7-12)19(35)34-21(5-6-21)20(36)33-11-22(27,28)29/h1-4,7-10,17H,5-6,11H2,(H,33,36)(H,34,35)/b4-2+. The van der Waals surface area contributed by atoms with Crippen molar-refractivity contribution in [2.75, 3.05) is 6.54 Å². The maximum Gasteiger partial charge on any atom is 0.405 e. The van der Waals surface area contributed by atoms with Crippen LogP contribution in [0.15, 0.2) is 51.4 Å². The Morgan fingerprint density at radius 1 is 1.03 bits per heavy atom. The zero-order valence-corrected chi connectivity index (χ0v) is 21.2. The van der Waals surface area contributed by atoms with Gasteiger partial charge in [-0.15, -0.1) is 0 Å². The van der Waals surface area contributed by atoms with E-state index in [4.69, 9.17) is 0 Å². The number of alkyl halides is 6. The number of hydrogen-bond acceptors (Lipinski definition) is 2. The largest absolute Gasteiger partial charge is 0.405 e. The van der Waals surface area contributed by atoms with Gasteiger partial charge in [0, 0.05) is 8.95 Å². The number of nitrogens with one attached hydrogen (secondary N) is 2. The number of carbonyl (C=O) groups excluding carboxylic acids is 2. The van der Waals surface area contributed by atoms with Crippen LogP contribution in [0.3, 0.4) is 0 Å². The van der Waals surface area contributed by atoms with Crippen LogP contribution in [0.4, 0.5) is 30.7 Å². The van der Waals surface area contributed by atoms with Gasteiger partial charge in [-0.3, -0.25) is 9.59 Å². The van der Waals surface area contributed by atoms with Crippen molar-refractivity contribution < 1.29 is 40.3 Å². The van der Waals surface area contributed by atoms with E-state index in [0.29, 0.717) is 0 Å². The number of benzene rings is 2. The predicted molar refractivity (Wildman–Crippen MR) is 125 cm³/mol. The molecule has 0 spiro atoms. The molecule has 194 valence electrons. The summed E-state index contributed by atoms with van der Waals surface area (Å²) in [6.45, 7) is -1.53. The Bertz CT molecular complexity index is 1170. The molecule has 1 aliphatic carbocycles. The molecule has 1 fully saturated rings. The second-order valence-electron chi connectivity index (χ2n) is 8.15. The quantitative estimate of drug-likeness (QED) is 0.331. The van der Waals surface area contributed by atoms with Crippen LogP contribution < -0.4 is 10.6 Å². The van der Waals surface area contributed by atoms with E-state index in [1.165, 1.54) is 18.2 Å². The molecule has 1 unspecified atom stereocenters. The first kappa shape index (κ1) is 28.2. The summed E-state index contributed by atoms with van der Waals surface area (Å²) < 4.78 is 91.9. The number of rotatable bonds is 7. The lowest BCUT2D eigenvalue weighted by atomic mass is 9.97. The van der Waals surface area contributed by atoms with Gasteiger partial charge in [-0.1, -0.05) is 34.1 Å². The van der Waals surface area contributed by atoms with Crippen LogP contribution in [0.5, 0.6) is 0 Å². The van der Waals surface area contributed by atoms with E-state index in [-0.39, 0.29) is 38.5 Å². The minimum Gasteiger partial charge on any atom is -0.345 e. The van der Waals surface area contributed by atoms with Gasteiger partial charge in [0.25, 0.3) is 5.91 Å². The van der Waals surface area contributed by atoms with E-state index >= 15 is 0 Å². The molecule has 2 aromatic rings. The number of carbonyl (C=O) groups is 2. The Hall–Kier alpha value is -2.41. The average Bonchev–Trinajstić information content (AvgIpc) is 3.50. The minimum absolute atomic E-state index is 0.0310. The van der Waals surface area contributed by atoms with Gasteiger partial charge in [0.15, 0.2) is 0 Å². The minimum atomic E-state index is -4.70. The molecule has 36 heavy (non-hydrogen) atoms. The molecular formula is C23H17Br2F7N2O2. The van der Waals surface area contributed by atoms with Crippen molar-refractivity contribution >= 4 is 49.8 Å². The molecule has 2 aromatic carbocycles. The van der Waals surface area contributed by atoms with Crippen LogP contribution in [-0.4, -0.2) is 36.3 Å². The fourth-order valence-corrected chi connectivity index (χ4v) is 4.42. The third-order valence-corrected chi connectivity index (χ3v) is 6.42. The van der Waals surface area contributed by atoms with Gasteiger partial charge in [0.2, 0.25) is 5.91 Å². The van der Waals surface area contributed by atoms with Crippen LogP contribution in [0.1, 0.15) is 40.2 Å². The van der Waals surface area contributed by atoms with Crippen molar-refractivity contribution in [1.82, 2.24) is 10.6 Å². The number of halogens is 9. The molecule has 3 rings (SSSR count). The fourth-order valence-electron chi connectivity index (χ4n) is 3.36. The van der Waals surface area contributed by atoms with Gasteiger partial charge in [0.1, 0.15) is 17.9 Å². The SMILES string of the molecule is O=C(NC1(C(=O)NCC(F)(F)F)CC1)c1ccc(/C=C/C(c2cc(F)cc(Br)c2)C(F)(F)F)cc1Br. The summed E-state index contributed by atoms with van der Waals surface area (Å²) in [5.41, 5.74) is -1.44. The molecule has 0 saturated heterocycles. The van der Waals surface area contributed by atoms with Gasteiger partial charge in [-0.2, -0.15) is 26.3 Å². The summed E-state index contributed by atoms with van der Waals surface area (Å²) >= 11 is 6.13. The van der Waals surface area contributed by atoms with E-state index in [1.807, 2.05) is 0 Å². The van der Waals surface area contributed by atoms with E-state index in [1.54, 1.807) is 5.32 Å². The molecule has 2 N–H and O–H groups in total. The summed E-state index contributed by atoms with van der Waals surface area (Å²) in [7, 11) is 0. The Labute approximate surface area is 217 Å².